The minimum atomic E-state index is 0.0948. The zero-order chi connectivity index (χ0) is 10.2. The van der Waals surface area contributed by atoms with E-state index in [2.05, 4.69) is 36.4 Å². The van der Waals surface area contributed by atoms with Gasteiger partial charge in [-0.1, -0.05) is 0 Å². The first-order valence-corrected chi connectivity index (χ1v) is 5.76. The molecule has 0 unspecified atom stereocenters. The first-order chi connectivity index (χ1) is 6.54. The first kappa shape index (κ1) is 9.93. The summed E-state index contributed by atoms with van der Waals surface area (Å²) >= 11 is 1.75. The summed E-state index contributed by atoms with van der Waals surface area (Å²) in [6, 6.07) is 0. The summed E-state index contributed by atoms with van der Waals surface area (Å²) in [6.45, 7) is 8.25. The zero-order valence-electron chi connectivity index (χ0n) is 8.92. The lowest BCUT2D eigenvalue weighted by molar-refractivity contribution is 0.623. The molecule has 2 rings (SSSR count). The minimum Gasteiger partial charge on any atom is -0.357 e. The highest BCUT2D eigenvalue weighted by Gasteiger charge is 2.18. The molecule has 0 saturated carbocycles. The van der Waals surface area contributed by atoms with Crippen LogP contribution in [0.1, 0.15) is 31.3 Å². The Bertz CT molecular complexity index is 301. The number of aromatic nitrogens is 1. The van der Waals surface area contributed by atoms with Crippen molar-refractivity contribution in [2.75, 3.05) is 11.9 Å². The molecule has 14 heavy (non-hydrogen) atoms. The van der Waals surface area contributed by atoms with Crippen LogP contribution in [-0.2, 0) is 13.0 Å². The monoisotopic (exact) mass is 210 g/mol. The van der Waals surface area contributed by atoms with Crippen molar-refractivity contribution in [3.63, 3.8) is 0 Å². The molecule has 1 aliphatic rings. The maximum absolute atomic E-state index is 4.58. The fraction of sp³-hybridized carbons (Fsp3) is 0.700. The van der Waals surface area contributed by atoms with Crippen LogP contribution in [0.25, 0.3) is 0 Å². The average Bonchev–Trinajstić information content (AvgIpc) is 2.42. The Hall–Kier alpha value is -0.610. The van der Waals surface area contributed by atoms with Crippen LogP contribution in [-0.4, -0.2) is 17.1 Å². The summed E-state index contributed by atoms with van der Waals surface area (Å²) in [5.41, 5.74) is 1.34. The number of nitrogens with one attached hydrogen (secondary N) is 1. The van der Waals surface area contributed by atoms with Crippen molar-refractivity contribution >= 4 is 16.5 Å². The van der Waals surface area contributed by atoms with Gasteiger partial charge in [0.2, 0.25) is 0 Å². The predicted molar refractivity (Wildman–Crippen MR) is 59.9 cm³/mol. The van der Waals surface area contributed by atoms with E-state index in [1.54, 1.807) is 11.3 Å². The maximum atomic E-state index is 4.58. The molecule has 4 heteroatoms. The van der Waals surface area contributed by atoms with Gasteiger partial charge in [0.25, 0.3) is 0 Å². The standard InChI is InChI=1S/C10H16N3S/c1-10(2,3)13-9-12-7-4-5-11-6-8(7)14-9/h4-6H2,1-3H3,(H,12,13). The molecule has 2 heterocycles. The van der Waals surface area contributed by atoms with Crippen LogP contribution in [0.5, 0.6) is 0 Å². The van der Waals surface area contributed by atoms with Crippen LogP contribution in [0.3, 0.4) is 0 Å². The molecule has 0 aromatic carbocycles. The Kier molecular flexibility index (Phi) is 2.49. The molecule has 0 atom stereocenters. The molecular weight excluding hydrogens is 194 g/mol. The molecule has 3 nitrogen and oxygen atoms in total. The van der Waals surface area contributed by atoms with Gasteiger partial charge in [0.05, 0.1) is 5.69 Å². The van der Waals surface area contributed by atoms with E-state index in [0.717, 1.165) is 24.6 Å². The fourth-order valence-electron chi connectivity index (χ4n) is 1.44. The van der Waals surface area contributed by atoms with Gasteiger partial charge < -0.3 is 5.32 Å². The predicted octanol–water partition coefficient (Wildman–Crippen LogP) is 2.01. The summed E-state index contributed by atoms with van der Waals surface area (Å²) < 4.78 is 0. The highest BCUT2D eigenvalue weighted by Crippen LogP contribution is 2.27. The van der Waals surface area contributed by atoms with Crippen molar-refractivity contribution in [1.29, 1.82) is 0 Å². The number of hydrogen-bond donors (Lipinski definition) is 1. The number of hydrogen-bond acceptors (Lipinski definition) is 3. The number of thiazole rings is 1. The van der Waals surface area contributed by atoms with Crippen LogP contribution in [0.15, 0.2) is 0 Å². The number of anilines is 1. The molecular formula is C10H16N3S. The van der Waals surface area contributed by atoms with Crippen molar-refractivity contribution < 1.29 is 0 Å². The van der Waals surface area contributed by atoms with Gasteiger partial charge >= 0.3 is 0 Å². The van der Waals surface area contributed by atoms with E-state index in [0.29, 0.717) is 0 Å². The largest absolute Gasteiger partial charge is 0.357 e. The van der Waals surface area contributed by atoms with Gasteiger partial charge in [0, 0.05) is 29.9 Å². The molecule has 0 bridgehead atoms. The van der Waals surface area contributed by atoms with Gasteiger partial charge in [-0.05, 0) is 20.8 Å². The summed E-state index contributed by atoms with van der Waals surface area (Å²) in [6.07, 6.45) is 1.01. The molecule has 1 aromatic rings. The van der Waals surface area contributed by atoms with E-state index >= 15 is 0 Å². The van der Waals surface area contributed by atoms with Crippen LogP contribution < -0.4 is 10.6 Å². The van der Waals surface area contributed by atoms with Gasteiger partial charge in [-0.2, -0.15) is 0 Å². The van der Waals surface area contributed by atoms with E-state index in [-0.39, 0.29) is 5.54 Å². The minimum absolute atomic E-state index is 0.0948. The molecule has 0 fully saturated rings. The average molecular weight is 210 g/mol. The van der Waals surface area contributed by atoms with Gasteiger partial charge in [0.15, 0.2) is 5.13 Å². The van der Waals surface area contributed by atoms with Crippen LogP contribution in [0.4, 0.5) is 5.13 Å². The maximum Gasteiger partial charge on any atom is 0.183 e. The fourth-order valence-corrected chi connectivity index (χ4v) is 2.61. The third-order valence-corrected chi connectivity index (χ3v) is 3.02. The molecule has 0 aliphatic carbocycles. The van der Waals surface area contributed by atoms with E-state index in [1.807, 2.05) is 0 Å². The van der Waals surface area contributed by atoms with E-state index < -0.39 is 0 Å². The Labute approximate surface area is 88.9 Å². The SMILES string of the molecule is CC(C)(C)Nc1nc2c(s1)C[N]CC2. The summed E-state index contributed by atoms with van der Waals surface area (Å²) in [7, 11) is 0. The second kappa shape index (κ2) is 3.51. The molecule has 0 saturated heterocycles. The van der Waals surface area contributed by atoms with Crippen molar-refractivity contribution in [3.8, 4) is 0 Å². The summed E-state index contributed by atoms with van der Waals surface area (Å²) in [4.78, 5) is 5.92. The summed E-state index contributed by atoms with van der Waals surface area (Å²) in [5.74, 6) is 0. The molecule has 0 amide bonds. The lowest BCUT2D eigenvalue weighted by atomic mass is 10.1. The zero-order valence-corrected chi connectivity index (χ0v) is 9.74. The van der Waals surface area contributed by atoms with Crippen molar-refractivity contribution in [1.82, 2.24) is 10.3 Å². The van der Waals surface area contributed by atoms with Gasteiger partial charge in [-0.15, -0.1) is 11.3 Å². The smallest absolute Gasteiger partial charge is 0.183 e. The molecule has 1 N–H and O–H groups in total. The Balaban J connectivity index is 2.16. The van der Waals surface area contributed by atoms with Crippen LogP contribution in [0, 0.1) is 0 Å². The van der Waals surface area contributed by atoms with E-state index in [1.165, 1.54) is 10.6 Å². The quantitative estimate of drug-likeness (QED) is 0.770. The highest BCUT2D eigenvalue weighted by molar-refractivity contribution is 7.15. The lowest BCUT2D eigenvalue weighted by Gasteiger charge is -2.19. The Morgan fingerprint density at radius 1 is 1.36 bits per heavy atom. The highest BCUT2D eigenvalue weighted by atomic mass is 32.1. The Morgan fingerprint density at radius 3 is 2.79 bits per heavy atom. The third-order valence-electron chi connectivity index (χ3n) is 2.02. The molecule has 77 valence electrons. The first-order valence-electron chi connectivity index (χ1n) is 4.95. The van der Waals surface area contributed by atoms with Crippen molar-refractivity contribution in [2.24, 2.45) is 0 Å². The van der Waals surface area contributed by atoms with Gasteiger partial charge in [-0.25, -0.2) is 10.3 Å². The Morgan fingerprint density at radius 2 is 2.14 bits per heavy atom. The van der Waals surface area contributed by atoms with Crippen LogP contribution in [0.2, 0.25) is 0 Å². The van der Waals surface area contributed by atoms with E-state index in [4.69, 9.17) is 0 Å². The van der Waals surface area contributed by atoms with Gasteiger partial charge in [0.1, 0.15) is 0 Å². The van der Waals surface area contributed by atoms with E-state index in [9.17, 15) is 0 Å². The number of rotatable bonds is 1. The molecule has 1 radical (unpaired) electrons. The number of nitrogens with zero attached hydrogens (tertiary/aromatic N) is 2. The van der Waals surface area contributed by atoms with Crippen molar-refractivity contribution in [3.05, 3.63) is 10.6 Å². The lowest BCUT2D eigenvalue weighted by Crippen LogP contribution is -2.25. The van der Waals surface area contributed by atoms with Crippen LogP contribution >= 0.6 is 11.3 Å². The molecule has 1 aromatic heterocycles. The third kappa shape index (κ3) is 2.25. The van der Waals surface area contributed by atoms with Crippen molar-refractivity contribution in [2.45, 2.75) is 39.3 Å². The second-order valence-electron chi connectivity index (χ2n) is 4.62. The number of fused-ring (bicyclic) bond motifs is 1. The topological polar surface area (TPSA) is 39.0 Å². The van der Waals surface area contributed by atoms with Gasteiger partial charge in [-0.3, -0.25) is 0 Å². The normalized spacial score (nSPS) is 16.5. The second-order valence-corrected chi connectivity index (χ2v) is 5.70. The summed E-state index contributed by atoms with van der Waals surface area (Å²) in [5, 5.41) is 8.82. The molecule has 0 spiro atoms. The molecule has 1 aliphatic heterocycles.